The third kappa shape index (κ3) is 7.98. The number of benzene rings is 1. The molecular formula is C22H39IN4. The molecule has 1 atom stereocenters. The molecule has 0 bridgehead atoms. The minimum absolute atomic E-state index is 0. The first-order valence-electron chi connectivity index (χ1n) is 10.2. The topological polar surface area (TPSA) is 39.7 Å². The molecule has 1 aromatic carbocycles. The van der Waals surface area contributed by atoms with Gasteiger partial charge in [0.2, 0.25) is 0 Å². The summed E-state index contributed by atoms with van der Waals surface area (Å²) in [5, 5.41) is 6.99. The van der Waals surface area contributed by atoms with E-state index in [-0.39, 0.29) is 29.4 Å². The van der Waals surface area contributed by atoms with E-state index in [4.69, 9.17) is 4.99 Å². The van der Waals surface area contributed by atoms with E-state index in [0.717, 1.165) is 25.6 Å². The van der Waals surface area contributed by atoms with Gasteiger partial charge in [0.15, 0.2) is 5.96 Å². The highest BCUT2D eigenvalue weighted by Crippen LogP contribution is 2.23. The molecule has 0 radical (unpaired) electrons. The molecule has 0 saturated carbocycles. The fourth-order valence-corrected chi connectivity index (χ4v) is 3.57. The largest absolute Gasteiger partial charge is 0.357 e. The molecule has 4 nitrogen and oxygen atoms in total. The Morgan fingerprint density at radius 3 is 2.56 bits per heavy atom. The molecule has 1 aliphatic heterocycles. The van der Waals surface area contributed by atoms with Crippen LogP contribution < -0.4 is 10.6 Å². The molecule has 1 aromatic rings. The minimum atomic E-state index is 0. The average molecular weight is 486 g/mol. The molecule has 0 amide bonds. The van der Waals surface area contributed by atoms with E-state index in [2.05, 4.69) is 80.5 Å². The first-order chi connectivity index (χ1) is 12.4. The van der Waals surface area contributed by atoms with Gasteiger partial charge in [-0.25, -0.2) is 0 Å². The second-order valence-corrected chi connectivity index (χ2v) is 8.42. The Morgan fingerprint density at radius 1 is 1.22 bits per heavy atom. The second kappa shape index (κ2) is 11.9. The minimum Gasteiger partial charge on any atom is -0.357 e. The van der Waals surface area contributed by atoms with Crippen molar-refractivity contribution in [1.29, 1.82) is 0 Å². The van der Waals surface area contributed by atoms with Gasteiger partial charge in [0.05, 0.1) is 6.54 Å². The van der Waals surface area contributed by atoms with Crippen LogP contribution in [0.3, 0.4) is 0 Å². The van der Waals surface area contributed by atoms with Crippen molar-refractivity contribution in [2.45, 2.75) is 58.9 Å². The van der Waals surface area contributed by atoms with Gasteiger partial charge in [-0.15, -0.1) is 24.0 Å². The summed E-state index contributed by atoms with van der Waals surface area (Å²) in [6.07, 6.45) is 2.62. The fourth-order valence-electron chi connectivity index (χ4n) is 3.57. The van der Waals surface area contributed by atoms with Gasteiger partial charge in [0, 0.05) is 31.1 Å². The summed E-state index contributed by atoms with van der Waals surface area (Å²) in [6.45, 7) is 16.3. The van der Waals surface area contributed by atoms with Crippen LogP contribution in [0, 0.1) is 5.92 Å². The highest BCUT2D eigenvalue weighted by Gasteiger charge is 2.22. The standard InChI is InChI=1S/C22H38N4.HI/c1-6-23-21(24-15-19-11-10-14-26(16-19)18(2)3)25-17-22(4,5)20-12-8-7-9-13-20;/h7-9,12-13,18-19H,6,10-11,14-17H2,1-5H3,(H2,23,24,25);1H. The van der Waals surface area contributed by atoms with Crippen LogP contribution in [0.1, 0.15) is 53.0 Å². The van der Waals surface area contributed by atoms with Crippen molar-refractivity contribution in [2.75, 3.05) is 32.7 Å². The van der Waals surface area contributed by atoms with Gasteiger partial charge in [-0.3, -0.25) is 4.99 Å². The van der Waals surface area contributed by atoms with Crippen molar-refractivity contribution < 1.29 is 0 Å². The predicted molar refractivity (Wildman–Crippen MR) is 128 cm³/mol. The van der Waals surface area contributed by atoms with Crippen molar-refractivity contribution in [1.82, 2.24) is 15.5 Å². The number of nitrogens with one attached hydrogen (secondary N) is 2. The zero-order valence-electron chi connectivity index (χ0n) is 17.8. The summed E-state index contributed by atoms with van der Waals surface area (Å²) >= 11 is 0. The van der Waals surface area contributed by atoms with Crippen molar-refractivity contribution >= 4 is 29.9 Å². The average Bonchev–Trinajstić information content (AvgIpc) is 2.65. The van der Waals surface area contributed by atoms with Crippen LogP contribution in [-0.2, 0) is 5.41 Å². The summed E-state index contributed by atoms with van der Waals surface area (Å²) in [5.74, 6) is 1.65. The lowest BCUT2D eigenvalue weighted by molar-refractivity contribution is 0.141. The molecule has 154 valence electrons. The predicted octanol–water partition coefficient (Wildman–Crippen LogP) is 4.26. The van der Waals surface area contributed by atoms with Gasteiger partial charge < -0.3 is 15.5 Å². The molecule has 0 spiro atoms. The van der Waals surface area contributed by atoms with Gasteiger partial charge in [-0.2, -0.15) is 0 Å². The fraction of sp³-hybridized carbons (Fsp3) is 0.682. The lowest BCUT2D eigenvalue weighted by Gasteiger charge is -2.35. The molecule has 1 heterocycles. The van der Waals surface area contributed by atoms with E-state index in [1.807, 2.05) is 0 Å². The van der Waals surface area contributed by atoms with Crippen LogP contribution in [0.15, 0.2) is 35.3 Å². The molecule has 1 saturated heterocycles. The zero-order chi connectivity index (χ0) is 19.0. The number of halogens is 1. The molecular weight excluding hydrogens is 447 g/mol. The van der Waals surface area contributed by atoms with Gasteiger partial charge in [0.25, 0.3) is 0 Å². The third-order valence-corrected chi connectivity index (χ3v) is 5.37. The first-order valence-corrected chi connectivity index (χ1v) is 10.2. The molecule has 27 heavy (non-hydrogen) atoms. The normalized spacial score (nSPS) is 18.9. The number of rotatable bonds is 7. The quantitative estimate of drug-likeness (QED) is 0.344. The molecule has 5 heteroatoms. The maximum atomic E-state index is 4.88. The van der Waals surface area contributed by atoms with Crippen molar-refractivity contribution in [2.24, 2.45) is 10.9 Å². The van der Waals surface area contributed by atoms with E-state index in [0.29, 0.717) is 12.0 Å². The van der Waals surface area contributed by atoms with E-state index in [9.17, 15) is 0 Å². The number of piperidine rings is 1. The Labute approximate surface area is 183 Å². The molecule has 0 aliphatic carbocycles. The number of guanidine groups is 1. The Bertz CT molecular complexity index is 557. The van der Waals surface area contributed by atoms with Crippen LogP contribution in [0.4, 0.5) is 0 Å². The number of likely N-dealkylation sites (tertiary alicyclic amines) is 1. The number of hydrogen-bond donors (Lipinski definition) is 2. The lowest BCUT2D eigenvalue weighted by atomic mass is 9.85. The Morgan fingerprint density at radius 2 is 1.93 bits per heavy atom. The second-order valence-electron chi connectivity index (χ2n) is 8.42. The molecule has 1 unspecified atom stereocenters. The highest BCUT2D eigenvalue weighted by atomic mass is 127. The summed E-state index contributed by atoms with van der Waals surface area (Å²) in [6, 6.07) is 11.3. The van der Waals surface area contributed by atoms with E-state index in [1.54, 1.807) is 0 Å². The van der Waals surface area contributed by atoms with Crippen LogP contribution in [0.2, 0.25) is 0 Å². The smallest absolute Gasteiger partial charge is 0.191 e. The molecule has 2 N–H and O–H groups in total. The lowest BCUT2D eigenvalue weighted by Crippen LogP contribution is -2.46. The van der Waals surface area contributed by atoms with Crippen LogP contribution in [0.5, 0.6) is 0 Å². The van der Waals surface area contributed by atoms with Crippen molar-refractivity contribution in [3.8, 4) is 0 Å². The van der Waals surface area contributed by atoms with Crippen molar-refractivity contribution in [3.05, 3.63) is 35.9 Å². The van der Waals surface area contributed by atoms with Gasteiger partial charge in [-0.05, 0) is 51.6 Å². The summed E-state index contributed by atoms with van der Waals surface area (Å²) in [5.41, 5.74) is 1.36. The number of aliphatic imine (C=N–C) groups is 1. The third-order valence-electron chi connectivity index (χ3n) is 5.37. The van der Waals surface area contributed by atoms with E-state index >= 15 is 0 Å². The Hall–Kier alpha value is -0.820. The number of nitrogens with zero attached hydrogens (tertiary/aromatic N) is 2. The summed E-state index contributed by atoms with van der Waals surface area (Å²) in [4.78, 5) is 7.48. The van der Waals surface area contributed by atoms with Gasteiger partial charge in [-0.1, -0.05) is 44.2 Å². The summed E-state index contributed by atoms with van der Waals surface area (Å²) < 4.78 is 0. The molecule has 2 rings (SSSR count). The Balaban J connectivity index is 0.00000364. The van der Waals surface area contributed by atoms with Crippen LogP contribution in [0.25, 0.3) is 0 Å². The van der Waals surface area contributed by atoms with Gasteiger partial charge in [0.1, 0.15) is 0 Å². The van der Waals surface area contributed by atoms with Crippen molar-refractivity contribution in [3.63, 3.8) is 0 Å². The summed E-state index contributed by atoms with van der Waals surface area (Å²) in [7, 11) is 0. The van der Waals surface area contributed by atoms with E-state index in [1.165, 1.54) is 31.5 Å². The van der Waals surface area contributed by atoms with E-state index < -0.39 is 0 Å². The first kappa shape index (κ1) is 24.2. The maximum Gasteiger partial charge on any atom is 0.191 e. The highest BCUT2D eigenvalue weighted by molar-refractivity contribution is 14.0. The molecule has 0 aromatic heterocycles. The zero-order valence-corrected chi connectivity index (χ0v) is 20.1. The maximum absolute atomic E-state index is 4.88. The Kier molecular flexibility index (Phi) is 10.7. The molecule has 1 fully saturated rings. The van der Waals surface area contributed by atoms with Crippen LogP contribution >= 0.6 is 24.0 Å². The van der Waals surface area contributed by atoms with Crippen LogP contribution in [-0.4, -0.2) is 49.6 Å². The monoisotopic (exact) mass is 486 g/mol. The molecule has 1 aliphatic rings. The SMILES string of the molecule is CCNC(=NCC(C)(C)c1ccccc1)NCC1CCCN(C(C)C)C1.I. The van der Waals surface area contributed by atoms with Gasteiger partial charge >= 0.3 is 0 Å². The number of hydrogen-bond acceptors (Lipinski definition) is 2.